The molecule has 0 aliphatic carbocycles. The molecule has 28 heavy (non-hydrogen) atoms. The number of carbonyl (C=O) groups excluding carboxylic acids is 1. The number of aromatic nitrogens is 2. The number of hydrogen-bond acceptors (Lipinski definition) is 5. The van der Waals surface area contributed by atoms with Crippen LogP contribution in [-0.4, -0.2) is 27.5 Å². The molecule has 2 heterocycles. The fourth-order valence-electron chi connectivity index (χ4n) is 2.50. The van der Waals surface area contributed by atoms with E-state index >= 15 is 0 Å². The number of nitrogens with zero attached hydrogens (tertiary/aromatic N) is 2. The first-order valence-corrected chi connectivity index (χ1v) is 10.0. The van der Waals surface area contributed by atoms with Gasteiger partial charge in [-0.15, -0.1) is 0 Å². The van der Waals surface area contributed by atoms with E-state index in [4.69, 9.17) is 16.0 Å². The fourth-order valence-corrected chi connectivity index (χ4v) is 3.50. The maximum atomic E-state index is 12.3. The normalized spacial score (nSPS) is 12.0. The molecule has 8 heteroatoms. The standard InChI is InChI=1S/C20H20ClN3O3S/c1-13-5-6-15(12-17(13)21)24-19(25)8-7-18(23-24)28-14(2)20(26)22-10-9-16-4-3-11-27-16/h3-8,11-12,14H,9-10H2,1-2H3,(H,22,26)/t14-/m1/s1. The second-order valence-electron chi connectivity index (χ2n) is 6.24. The van der Waals surface area contributed by atoms with Crippen LogP contribution in [0.4, 0.5) is 0 Å². The molecule has 0 saturated carbocycles. The van der Waals surface area contributed by atoms with E-state index in [1.54, 1.807) is 31.4 Å². The van der Waals surface area contributed by atoms with Crippen molar-refractivity contribution in [3.8, 4) is 5.69 Å². The summed E-state index contributed by atoms with van der Waals surface area (Å²) >= 11 is 7.44. The Morgan fingerprint density at radius 1 is 1.32 bits per heavy atom. The highest BCUT2D eigenvalue weighted by molar-refractivity contribution is 8.00. The molecule has 1 N–H and O–H groups in total. The number of nitrogens with one attached hydrogen (secondary N) is 1. The highest BCUT2D eigenvalue weighted by Crippen LogP contribution is 2.22. The molecule has 6 nitrogen and oxygen atoms in total. The van der Waals surface area contributed by atoms with E-state index in [2.05, 4.69) is 10.4 Å². The minimum absolute atomic E-state index is 0.102. The first kappa shape index (κ1) is 20.2. The van der Waals surface area contributed by atoms with E-state index in [0.717, 1.165) is 11.3 Å². The van der Waals surface area contributed by atoms with E-state index in [-0.39, 0.29) is 16.7 Å². The lowest BCUT2D eigenvalue weighted by molar-refractivity contribution is -0.120. The summed E-state index contributed by atoms with van der Waals surface area (Å²) in [5, 5.41) is 8.02. The van der Waals surface area contributed by atoms with Gasteiger partial charge in [0, 0.05) is 24.1 Å². The third-order valence-corrected chi connectivity index (χ3v) is 5.53. The molecule has 1 atom stereocenters. The Balaban J connectivity index is 1.65. The molecule has 0 saturated heterocycles. The molecule has 1 aromatic carbocycles. The van der Waals surface area contributed by atoms with Crippen molar-refractivity contribution in [3.63, 3.8) is 0 Å². The molecule has 0 aliphatic rings. The van der Waals surface area contributed by atoms with E-state index in [1.165, 1.54) is 22.5 Å². The molecule has 0 unspecified atom stereocenters. The van der Waals surface area contributed by atoms with E-state index in [1.807, 2.05) is 25.1 Å². The number of rotatable bonds is 7. The lowest BCUT2D eigenvalue weighted by Gasteiger charge is -2.12. The Morgan fingerprint density at radius 3 is 2.86 bits per heavy atom. The van der Waals surface area contributed by atoms with Crippen molar-refractivity contribution in [1.82, 2.24) is 15.1 Å². The van der Waals surface area contributed by atoms with Crippen molar-refractivity contribution < 1.29 is 9.21 Å². The monoisotopic (exact) mass is 417 g/mol. The predicted molar refractivity (Wildman–Crippen MR) is 110 cm³/mol. The van der Waals surface area contributed by atoms with Gasteiger partial charge in [-0.2, -0.15) is 9.78 Å². The smallest absolute Gasteiger partial charge is 0.271 e. The van der Waals surface area contributed by atoms with Gasteiger partial charge in [-0.25, -0.2) is 0 Å². The summed E-state index contributed by atoms with van der Waals surface area (Å²) in [6.45, 7) is 4.18. The van der Waals surface area contributed by atoms with Gasteiger partial charge >= 0.3 is 0 Å². The molecule has 0 fully saturated rings. The maximum absolute atomic E-state index is 12.3. The van der Waals surface area contributed by atoms with Crippen LogP contribution in [0, 0.1) is 6.92 Å². The zero-order chi connectivity index (χ0) is 20.1. The summed E-state index contributed by atoms with van der Waals surface area (Å²) in [7, 11) is 0. The molecule has 0 spiro atoms. The van der Waals surface area contributed by atoms with Crippen molar-refractivity contribution in [3.05, 3.63) is 75.4 Å². The summed E-state index contributed by atoms with van der Waals surface area (Å²) in [4.78, 5) is 24.5. The van der Waals surface area contributed by atoms with Gasteiger partial charge in [-0.3, -0.25) is 9.59 Å². The topological polar surface area (TPSA) is 77.1 Å². The van der Waals surface area contributed by atoms with Crippen LogP contribution < -0.4 is 10.9 Å². The number of carbonyl (C=O) groups is 1. The Labute approximate surface area is 171 Å². The number of halogens is 1. The average molecular weight is 418 g/mol. The summed E-state index contributed by atoms with van der Waals surface area (Å²) in [6.07, 6.45) is 2.24. The van der Waals surface area contributed by atoms with Crippen LogP contribution in [-0.2, 0) is 11.2 Å². The first-order chi connectivity index (χ1) is 13.4. The Morgan fingerprint density at radius 2 is 2.14 bits per heavy atom. The van der Waals surface area contributed by atoms with Crippen molar-refractivity contribution >= 4 is 29.3 Å². The van der Waals surface area contributed by atoms with Gasteiger partial charge in [-0.1, -0.05) is 29.4 Å². The minimum Gasteiger partial charge on any atom is -0.469 e. The number of amides is 1. The zero-order valence-electron chi connectivity index (χ0n) is 15.5. The average Bonchev–Trinajstić information content (AvgIpc) is 3.19. The molecular weight excluding hydrogens is 398 g/mol. The third kappa shape index (κ3) is 5.05. The highest BCUT2D eigenvalue weighted by atomic mass is 35.5. The molecule has 3 aromatic rings. The highest BCUT2D eigenvalue weighted by Gasteiger charge is 2.16. The summed E-state index contributed by atoms with van der Waals surface area (Å²) in [5.41, 5.74) is 1.24. The molecular formula is C20H20ClN3O3S. The predicted octanol–water partition coefficient (Wildman–Crippen LogP) is 3.63. The van der Waals surface area contributed by atoms with Gasteiger partial charge in [0.2, 0.25) is 5.91 Å². The van der Waals surface area contributed by atoms with Gasteiger partial charge in [0.1, 0.15) is 10.8 Å². The number of benzene rings is 1. The summed E-state index contributed by atoms with van der Waals surface area (Å²) < 4.78 is 6.53. The second kappa shape index (κ2) is 9.12. The van der Waals surface area contributed by atoms with Crippen LogP contribution in [0.25, 0.3) is 5.69 Å². The van der Waals surface area contributed by atoms with Crippen molar-refractivity contribution in [2.24, 2.45) is 0 Å². The van der Waals surface area contributed by atoms with E-state index < -0.39 is 0 Å². The summed E-state index contributed by atoms with van der Waals surface area (Å²) in [6, 6.07) is 12.1. The Bertz CT molecular complexity index is 1020. The van der Waals surface area contributed by atoms with Gasteiger partial charge in [-0.05, 0) is 49.7 Å². The number of hydrogen-bond donors (Lipinski definition) is 1. The van der Waals surface area contributed by atoms with Gasteiger partial charge in [0.05, 0.1) is 17.2 Å². The van der Waals surface area contributed by atoms with Crippen molar-refractivity contribution in [1.29, 1.82) is 0 Å². The molecule has 146 valence electrons. The number of thioether (sulfide) groups is 1. The zero-order valence-corrected chi connectivity index (χ0v) is 17.1. The number of aryl methyl sites for hydroxylation is 1. The molecule has 0 bridgehead atoms. The number of furan rings is 1. The van der Waals surface area contributed by atoms with E-state index in [9.17, 15) is 9.59 Å². The maximum Gasteiger partial charge on any atom is 0.271 e. The van der Waals surface area contributed by atoms with Crippen molar-refractivity contribution in [2.45, 2.75) is 30.5 Å². The van der Waals surface area contributed by atoms with Crippen LogP contribution in [0.5, 0.6) is 0 Å². The minimum atomic E-state index is -0.364. The fraction of sp³-hybridized carbons (Fsp3) is 0.250. The Hall–Kier alpha value is -2.51. The van der Waals surface area contributed by atoms with Crippen LogP contribution in [0.3, 0.4) is 0 Å². The third-order valence-electron chi connectivity index (χ3n) is 4.09. The molecule has 0 aliphatic heterocycles. The molecule has 2 aromatic heterocycles. The van der Waals surface area contributed by atoms with Crippen LogP contribution in [0.1, 0.15) is 18.2 Å². The molecule has 0 radical (unpaired) electrons. The molecule has 1 amide bonds. The Kier molecular flexibility index (Phi) is 6.59. The van der Waals surface area contributed by atoms with Gasteiger partial charge in [0.15, 0.2) is 0 Å². The van der Waals surface area contributed by atoms with Gasteiger partial charge < -0.3 is 9.73 Å². The van der Waals surface area contributed by atoms with Crippen LogP contribution in [0.15, 0.2) is 63.0 Å². The first-order valence-electron chi connectivity index (χ1n) is 8.77. The van der Waals surface area contributed by atoms with Crippen molar-refractivity contribution in [2.75, 3.05) is 6.54 Å². The largest absolute Gasteiger partial charge is 0.469 e. The molecule has 3 rings (SSSR count). The SMILES string of the molecule is Cc1ccc(-n2nc(S[C@H](C)C(=O)NCCc3ccco3)ccc2=O)cc1Cl. The summed E-state index contributed by atoms with van der Waals surface area (Å²) in [5.74, 6) is 0.723. The van der Waals surface area contributed by atoms with Crippen LogP contribution in [0.2, 0.25) is 5.02 Å². The lowest BCUT2D eigenvalue weighted by Crippen LogP contribution is -2.32. The lowest BCUT2D eigenvalue weighted by atomic mass is 10.2. The van der Waals surface area contributed by atoms with Gasteiger partial charge in [0.25, 0.3) is 5.56 Å². The quantitative estimate of drug-likeness (QED) is 0.594. The van der Waals surface area contributed by atoms with E-state index in [0.29, 0.717) is 28.7 Å². The second-order valence-corrected chi connectivity index (χ2v) is 8.00. The van der Waals surface area contributed by atoms with Crippen LogP contribution >= 0.6 is 23.4 Å².